The maximum atomic E-state index is 12.7. The molecule has 1 aliphatic heterocycles. The molecule has 26 heavy (non-hydrogen) atoms. The van der Waals surface area contributed by atoms with Crippen molar-refractivity contribution in [3.8, 4) is 5.75 Å². The summed E-state index contributed by atoms with van der Waals surface area (Å²) in [7, 11) is -0.439. The van der Waals surface area contributed by atoms with Gasteiger partial charge in [0.25, 0.3) is 5.91 Å². The normalized spacial score (nSPS) is 15.6. The minimum atomic E-state index is -3.64. The van der Waals surface area contributed by atoms with Crippen molar-refractivity contribution < 1.29 is 22.7 Å². The summed E-state index contributed by atoms with van der Waals surface area (Å²) in [5.74, 6) is 0.293. The third-order valence-electron chi connectivity index (χ3n) is 4.17. The Morgan fingerprint density at radius 2 is 1.85 bits per heavy atom. The second-order valence-electron chi connectivity index (χ2n) is 5.87. The maximum Gasteiger partial charge on any atom is 0.272 e. The van der Waals surface area contributed by atoms with Crippen molar-refractivity contribution in [3.63, 3.8) is 0 Å². The van der Waals surface area contributed by atoms with Crippen molar-refractivity contribution in [2.45, 2.75) is 4.90 Å². The highest BCUT2D eigenvalue weighted by atomic mass is 32.2. The Bertz CT molecular complexity index is 884. The summed E-state index contributed by atoms with van der Waals surface area (Å²) < 4.78 is 38.6. The van der Waals surface area contributed by atoms with E-state index in [1.54, 1.807) is 38.4 Å². The van der Waals surface area contributed by atoms with E-state index in [-0.39, 0.29) is 16.5 Å². The van der Waals surface area contributed by atoms with E-state index in [1.807, 2.05) is 0 Å². The van der Waals surface area contributed by atoms with Crippen LogP contribution in [0.3, 0.4) is 0 Å². The molecule has 0 bridgehead atoms. The molecule has 1 amide bonds. The van der Waals surface area contributed by atoms with Crippen LogP contribution in [0.2, 0.25) is 0 Å². The molecule has 3 rings (SSSR count). The van der Waals surface area contributed by atoms with Crippen LogP contribution in [0.4, 0.5) is 5.69 Å². The molecule has 0 atom stereocenters. The Kier molecular flexibility index (Phi) is 5.30. The summed E-state index contributed by atoms with van der Waals surface area (Å²) >= 11 is 0. The summed E-state index contributed by atoms with van der Waals surface area (Å²) in [5.41, 5.74) is 0.849. The zero-order valence-corrected chi connectivity index (χ0v) is 15.5. The first-order valence-electron chi connectivity index (χ1n) is 8.11. The molecule has 1 aromatic carbocycles. The van der Waals surface area contributed by atoms with E-state index in [0.29, 0.717) is 37.7 Å². The molecule has 0 aliphatic carbocycles. The molecule has 0 spiro atoms. The average Bonchev–Trinajstić information content (AvgIpc) is 3.06. The second-order valence-corrected chi connectivity index (χ2v) is 7.81. The predicted octanol–water partition coefficient (Wildman–Crippen LogP) is 1.31. The number of nitrogens with zero attached hydrogens (tertiary/aromatic N) is 2. The van der Waals surface area contributed by atoms with Crippen LogP contribution in [-0.4, -0.2) is 56.6 Å². The van der Waals surface area contributed by atoms with E-state index in [2.05, 4.69) is 5.32 Å². The molecule has 1 aliphatic rings. The number of ether oxygens (including phenoxy) is 2. The van der Waals surface area contributed by atoms with Crippen LogP contribution in [0.1, 0.15) is 10.5 Å². The van der Waals surface area contributed by atoms with Gasteiger partial charge in [-0.3, -0.25) is 4.79 Å². The number of nitrogens with one attached hydrogen (secondary N) is 1. The van der Waals surface area contributed by atoms with Gasteiger partial charge in [0, 0.05) is 32.0 Å². The standard InChI is InChI=1S/C17H21N3O5S/c1-19-12-15(26(22,23)20-7-9-25-10-8-20)11-16(19)17(21)18-13-3-5-14(24-2)6-4-13/h3-6,11-12H,7-10H2,1-2H3,(H,18,21). The molecule has 1 N–H and O–H groups in total. The van der Waals surface area contributed by atoms with Gasteiger partial charge in [-0.15, -0.1) is 0 Å². The van der Waals surface area contributed by atoms with E-state index in [0.717, 1.165) is 0 Å². The van der Waals surface area contributed by atoms with E-state index < -0.39 is 10.0 Å². The molecule has 8 nitrogen and oxygen atoms in total. The van der Waals surface area contributed by atoms with Gasteiger partial charge in [0.15, 0.2) is 0 Å². The average molecular weight is 379 g/mol. The maximum absolute atomic E-state index is 12.7. The quantitative estimate of drug-likeness (QED) is 0.846. The zero-order valence-electron chi connectivity index (χ0n) is 14.6. The van der Waals surface area contributed by atoms with E-state index >= 15 is 0 Å². The number of aromatic nitrogens is 1. The molecule has 1 fully saturated rings. The van der Waals surface area contributed by atoms with Crippen LogP contribution in [0.25, 0.3) is 0 Å². The van der Waals surface area contributed by atoms with E-state index in [1.165, 1.54) is 21.1 Å². The number of carbonyl (C=O) groups is 1. The smallest absolute Gasteiger partial charge is 0.272 e. The van der Waals surface area contributed by atoms with Crippen molar-refractivity contribution in [2.24, 2.45) is 7.05 Å². The Morgan fingerprint density at radius 3 is 2.46 bits per heavy atom. The fraction of sp³-hybridized carbons (Fsp3) is 0.353. The van der Waals surface area contributed by atoms with Crippen LogP contribution in [0.5, 0.6) is 5.75 Å². The molecular formula is C17H21N3O5S. The van der Waals surface area contributed by atoms with Crippen molar-refractivity contribution in [1.29, 1.82) is 0 Å². The Labute approximate surface area is 152 Å². The molecule has 140 valence electrons. The summed E-state index contributed by atoms with van der Waals surface area (Å²) in [6.45, 7) is 1.36. The Hall–Kier alpha value is -2.36. The number of benzene rings is 1. The summed E-state index contributed by atoms with van der Waals surface area (Å²) in [6, 6.07) is 8.28. The molecule has 2 aromatic rings. The summed E-state index contributed by atoms with van der Waals surface area (Å²) in [4.78, 5) is 12.6. The lowest BCUT2D eigenvalue weighted by Gasteiger charge is -2.25. The van der Waals surface area contributed by atoms with Gasteiger partial charge in [-0.25, -0.2) is 8.42 Å². The van der Waals surface area contributed by atoms with Crippen molar-refractivity contribution in [2.75, 3.05) is 38.7 Å². The highest BCUT2D eigenvalue weighted by molar-refractivity contribution is 7.89. The number of hydrogen-bond donors (Lipinski definition) is 1. The first-order chi connectivity index (χ1) is 12.4. The van der Waals surface area contributed by atoms with Gasteiger partial charge < -0.3 is 19.4 Å². The first-order valence-corrected chi connectivity index (χ1v) is 9.55. The van der Waals surface area contributed by atoms with Gasteiger partial charge in [-0.1, -0.05) is 0 Å². The van der Waals surface area contributed by atoms with Crippen LogP contribution in [0, 0.1) is 0 Å². The molecule has 0 unspecified atom stereocenters. The number of carbonyl (C=O) groups excluding carboxylic acids is 1. The fourth-order valence-electron chi connectivity index (χ4n) is 2.71. The van der Waals surface area contributed by atoms with Gasteiger partial charge in [0.05, 0.1) is 20.3 Å². The lowest BCUT2D eigenvalue weighted by atomic mass is 10.3. The molecule has 0 saturated carbocycles. The number of methoxy groups -OCH3 is 1. The fourth-order valence-corrected chi connectivity index (χ4v) is 4.19. The molecular weight excluding hydrogens is 358 g/mol. The van der Waals surface area contributed by atoms with Crippen molar-refractivity contribution >= 4 is 21.6 Å². The van der Waals surface area contributed by atoms with Crippen molar-refractivity contribution in [1.82, 2.24) is 8.87 Å². The Morgan fingerprint density at radius 1 is 1.19 bits per heavy atom. The molecule has 9 heteroatoms. The monoisotopic (exact) mass is 379 g/mol. The van der Waals surface area contributed by atoms with E-state index in [9.17, 15) is 13.2 Å². The molecule has 2 heterocycles. The Balaban J connectivity index is 1.79. The minimum Gasteiger partial charge on any atom is -0.497 e. The topological polar surface area (TPSA) is 89.9 Å². The molecule has 0 radical (unpaired) electrons. The van der Waals surface area contributed by atoms with Gasteiger partial charge in [0.1, 0.15) is 16.3 Å². The summed E-state index contributed by atoms with van der Waals surface area (Å²) in [5, 5.41) is 2.75. The van der Waals surface area contributed by atoms with Crippen LogP contribution in [-0.2, 0) is 21.8 Å². The van der Waals surface area contributed by atoms with Gasteiger partial charge in [0.2, 0.25) is 10.0 Å². The third kappa shape index (κ3) is 3.74. The van der Waals surface area contributed by atoms with Crippen LogP contribution >= 0.6 is 0 Å². The number of anilines is 1. The van der Waals surface area contributed by atoms with Gasteiger partial charge >= 0.3 is 0 Å². The predicted molar refractivity (Wildman–Crippen MR) is 95.9 cm³/mol. The van der Waals surface area contributed by atoms with E-state index in [4.69, 9.17) is 9.47 Å². The lowest BCUT2D eigenvalue weighted by molar-refractivity contribution is 0.0730. The number of morpholine rings is 1. The molecule has 1 saturated heterocycles. The highest BCUT2D eigenvalue weighted by Gasteiger charge is 2.28. The zero-order chi connectivity index (χ0) is 18.7. The number of aryl methyl sites for hydroxylation is 1. The first kappa shape index (κ1) is 18.4. The SMILES string of the molecule is COc1ccc(NC(=O)c2cc(S(=O)(=O)N3CCOCC3)cn2C)cc1. The van der Waals surface area contributed by atoms with Crippen molar-refractivity contribution in [3.05, 3.63) is 42.2 Å². The van der Waals surface area contributed by atoms with Crippen LogP contribution < -0.4 is 10.1 Å². The highest BCUT2D eigenvalue weighted by Crippen LogP contribution is 2.21. The van der Waals surface area contributed by atoms with Gasteiger partial charge in [-0.05, 0) is 30.3 Å². The van der Waals surface area contributed by atoms with Gasteiger partial charge in [-0.2, -0.15) is 4.31 Å². The molecule has 1 aromatic heterocycles. The second kappa shape index (κ2) is 7.48. The lowest BCUT2D eigenvalue weighted by Crippen LogP contribution is -2.40. The largest absolute Gasteiger partial charge is 0.497 e. The number of amides is 1. The minimum absolute atomic E-state index is 0.0989. The number of hydrogen-bond acceptors (Lipinski definition) is 5. The number of rotatable bonds is 5. The summed E-state index contributed by atoms with van der Waals surface area (Å²) in [6.07, 6.45) is 1.45. The number of sulfonamides is 1. The van der Waals surface area contributed by atoms with Crippen LogP contribution in [0.15, 0.2) is 41.4 Å². The third-order valence-corrected chi connectivity index (χ3v) is 6.03.